The van der Waals surface area contributed by atoms with Crippen molar-refractivity contribution in [3.8, 4) is 5.75 Å². The van der Waals surface area contributed by atoms with Crippen LogP contribution in [0.2, 0.25) is 0 Å². The molecular weight excluding hydrogens is 255 g/mol. The Bertz CT molecular complexity index is 450. The minimum Gasteiger partial charge on any atom is -0.494 e. The fourth-order valence-electron chi connectivity index (χ4n) is 2.78. The number of methoxy groups -OCH3 is 1. The summed E-state index contributed by atoms with van der Waals surface area (Å²) in [5.74, 6) is 0.592. The number of benzene rings is 1. The maximum atomic E-state index is 13.6. The van der Waals surface area contributed by atoms with Crippen molar-refractivity contribution < 1.29 is 9.13 Å². The maximum Gasteiger partial charge on any atom is 0.165 e. The van der Waals surface area contributed by atoms with Crippen LogP contribution in [0.25, 0.3) is 0 Å². The first-order valence-corrected chi connectivity index (χ1v) is 7.40. The van der Waals surface area contributed by atoms with Gasteiger partial charge < -0.3 is 15.0 Å². The second-order valence-corrected chi connectivity index (χ2v) is 5.79. The van der Waals surface area contributed by atoms with Crippen molar-refractivity contribution in [1.29, 1.82) is 0 Å². The summed E-state index contributed by atoms with van der Waals surface area (Å²) in [7, 11) is 1.51. The molecule has 1 aromatic rings. The first-order valence-electron chi connectivity index (χ1n) is 7.40. The molecule has 112 valence electrons. The topological polar surface area (TPSA) is 24.5 Å². The molecule has 1 heterocycles. The van der Waals surface area contributed by atoms with Crippen LogP contribution in [0.5, 0.6) is 5.75 Å². The van der Waals surface area contributed by atoms with Gasteiger partial charge in [0.2, 0.25) is 0 Å². The summed E-state index contributed by atoms with van der Waals surface area (Å²) in [6, 6.07) is 6.06. The van der Waals surface area contributed by atoms with Crippen molar-refractivity contribution in [3.05, 3.63) is 24.0 Å². The molecular formula is C16H25FN2O. The summed E-state index contributed by atoms with van der Waals surface area (Å²) in [5.41, 5.74) is 1.04. The van der Waals surface area contributed by atoms with Gasteiger partial charge in [-0.1, -0.05) is 20.8 Å². The van der Waals surface area contributed by atoms with E-state index in [1.807, 2.05) is 6.07 Å². The highest BCUT2D eigenvalue weighted by molar-refractivity contribution is 5.53. The van der Waals surface area contributed by atoms with E-state index >= 15 is 0 Å². The first-order chi connectivity index (χ1) is 9.56. The highest BCUT2D eigenvalue weighted by Gasteiger charge is 2.28. The van der Waals surface area contributed by atoms with Gasteiger partial charge in [-0.15, -0.1) is 0 Å². The predicted molar refractivity (Wildman–Crippen MR) is 81.0 cm³/mol. The number of nitrogens with one attached hydrogen (secondary N) is 1. The van der Waals surface area contributed by atoms with E-state index in [1.54, 1.807) is 6.07 Å². The van der Waals surface area contributed by atoms with Gasteiger partial charge in [0.15, 0.2) is 11.6 Å². The fourth-order valence-corrected chi connectivity index (χ4v) is 2.78. The van der Waals surface area contributed by atoms with Crippen molar-refractivity contribution in [3.63, 3.8) is 0 Å². The fraction of sp³-hybridized carbons (Fsp3) is 0.625. The van der Waals surface area contributed by atoms with Crippen LogP contribution >= 0.6 is 0 Å². The molecule has 0 aromatic heterocycles. The van der Waals surface area contributed by atoms with E-state index in [-0.39, 0.29) is 5.82 Å². The highest BCUT2D eigenvalue weighted by Crippen LogP contribution is 2.28. The molecule has 0 radical (unpaired) electrons. The Morgan fingerprint density at radius 3 is 2.80 bits per heavy atom. The zero-order valence-electron chi connectivity index (χ0n) is 12.8. The minimum atomic E-state index is -0.306. The Balaban J connectivity index is 2.26. The van der Waals surface area contributed by atoms with Crippen LogP contribution in [0.3, 0.4) is 0 Å². The van der Waals surface area contributed by atoms with E-state index in [1.165, 1.54) is 13.2 Å². The molecule has 1 N–H and O–H groups in total. The van der Waals surface area contributed by atoms with Crippen molar-refractivity contribution in [2.24, 2.45) is 5.92 Å². The number of anilines is 1. The quantitative estimate of drug-likeness (QED) is 0.917. The molecule has 1 aliphatic rings. The smallest absolute Gasteiger partial charge is 0.165 e. The number of hydrogen-bond acceptors (Lipinski definition) is 3. The van der Waals surface area contributed by atoms with Gasteiger partial charge in [0.25, 0.3) is 0 Å². The average molecular weight is 280 g/mol. The SMILES string of the molecule is CCC1CNC(C(C)C)CN1c1ccc(F)c(OC)c1. The third-order valence-electron chi connectivity index (χ3n) is 4.19. The molecule has 2 unspecified atom stereocenters. The number of hydrogen-bond donors (Lipinski definition) is 1. The number of rotatable bonds is 4. The molecule has 1 saturated heterocycles. The lowest BCUT2D eigenvalue weighted by Gasteiger charge is -2.43. The van der Waals surface area contributed by atoms with Crippen LogP contribution in [0.1, 0.15) is 27.2 Å². The third-order valence-corrected chi connectivity index (χ3v) is 4.19. The zero-order valence-corrected chi connectivity index (χ0v) is 12.8. The first kappa shape index (κ1) is 15.1. The molecule has 0 saturated carbocycles. The highest BCUT2D eigenvalue weighted by atomic mass is 19.1. The standard InChI is InChI=1S/C16H25FN2O/c1-5-12-9-18-15(11(2)3)10-19(12)13-6-7-14(17)16(8-13)20-4/h6-8,11-12,15,18H,5,9-10H2,1-4H3. The molecule has 0 amide bonds. The van der Waals surface area contributed by atoms with Gasteiger partial charge in [-0.3, -0.25) is 0 Å². The van der Waals surface area contributed by atoms with Gasteiger partial charge in [0.1, 0.15) is 0 Å². The summed E-state index contributed by atoms with van der Waals surface area (Å²) in [4.78, 5) is 2.38. The van der Waals surface area contributed by atoms with Crippen molar-refractivity contribution in [2.75, 3.05) is 25.1 Å². The van der Waals surface area contributed by atoms with Gasteiger partial charge >= 0.3 is 0 Å². The van der Waals surface area contributed by atoms with Crippen LogP contribution in [-0.4, -0.2) is 32.3 Å². The molecule has 0 spiro atoms. The molecule has 1 aliphatic heterocycles. The zero-order chi connectivity index (χ0) is 14.7. The number of ether oxygens (including phenoxy) is 1. The maximum absolute atomic E-state index is 13.6. The van der Waals surface area contributed by atoms with E-state index in [2.05, 4.69) is 31.0 Å². The average Bonchev–Trinajstić information content (AvgIpc) is 2.47. The lowest BCUT2D eigenvalue weighted by molar-refractivity contribution is 0.324. The predicted octanol–water partition coefficient (Wildman–Crippen LogP) is 3.05. The summed E-state index contributed by atoms with van der Waals surface area (Å²) >= 11 is 0. The lowest BCUT2D eigenvalue weighted by atomic mass is 9.97. The second-order valence-electron chi connectivity index (χ2n) is 5.79. The summed E-state index contributed by atoms with van der Waals surface area (Å²) < 4.78 is 18.7. The van der Waals surface area contributed by atoms with Gasteiger partial charge in [-0.25, -0.2) is 4.39 Å². The van der Waals surface area contributed by atoms with Crippen LogP contribution in [0.15, 0.2) is 18.2 Å². The van der Waals surface area contributed by atoms with E-state index in [9.17, 15) is 4.39 Å². The van der Waals surface area contributed by atoms with Crippen LogP contribution in [0.4, 0.5) is 10.1 Å². The van der Waals surface area contributed by atoms with Crippen molar-refractivity contribution >= 4 is 5.69 Å². The molecule has 1 fully saturated rings. The van der Waals surface area contributed by atoms with Crippen LogP contribution < -0.4 is 15.0 Å². The molecule has 4 heteroatoms. The molecule has 2 atom stereocenters. The number of halogens is 1. The Morgan fingerprint density at radius 1 is 1.45 bits per heavy atom. The molecule has 0 aliphatic carbocycles. The van der Waals surface area contributed by atoms with E-state index in [0.29, 0.717) is 23.8 Å². The largest absolute Gasteiger partial charge is 0.494 e. The Hall–Kier alpha value is -1.29. The number of nitrogens with zero attached hydrogens (tertiary/aromatic N) is 1. The summed E-state index contributed by atoms with van der Waals surface area (Å²) in [5, 5.41) is 3.61. The normalized spacial score (nSPS) is 23.2. The Morgan fingerprint density at radius 2 is 2.20 bits per heavy atom. The van der Waals surface area contributed by atoms with E-state index in [4.69, 9.17) is 4.74 Å². The van der Waals surface area contributed by atoms with Gasteiger partial charge in [-0.2, -0.15) is 0 Å². The van der Waals surface area contributed by atoms with Crippen LogP contribution in [-0.2, 0) is 0 Å². The Kier molecular flexibility index (Phi) is 4.86. The van der Waals surface area contributed by atoms with E-state index in [0.717, 1.165) is 25.2 Å². The molecule has 2 rings (SSSR count). The molecule has 20 heavy (non-hydrogen) atoms. The van der Waals surface area contributed by atoms with Gasteiger partial charge in [-0.05, 0) is 24.5 Å². The van der Waals surface area contributed by atoms with Gasteiger partial charge in [0.05, 0.1) is 7.11 Å². The summed E-state index contributed by atoms with van der Waals surface area (Å²) in [6.07, 6.45) is 1.07. The van der Waals surface area contributed by atoms with Crippen molar-refractivity contribution in [1.82, 2.24) is 5.32 Å². The molecule has 1 aromatic carbocycles. The lowest BCUT2D eigenvalue weighted by Crippen LogP contribution is -2.58. The third kappa shape index (κ3) is 3.06. The van der Waals surface area contributed by atoms with Crippen LogP contribution in [0, 0.1) is 11.7 Å². The number of piperazine rings is 1. The van der Waals surface area contributed by atoms with Crippen molar-refractivity contribution in [2.45, 2.75) is 39.3 Å². The second kappa shape index (κ2) is 6.44. The Labute approximate surface area is 121 Å². The molecule has 0 bridgehead atoms. The van der Waals surface area contributed by atoms with E-state index < -0.39 is 0 Å². The monoisotopic (exact) mass is 280 g/mol. The minimum absolute atomic E-state index is 0.306. The van der Waals surface area contributed by atoms with Gasteiger partial charge in [0, 0.05) is 36.9 Å². The summed E-state index contributed by atoms with van der Waals surface area (Å²) in [6.45, 7) is 8.57. The molecule has 3 nitrogen and oxygen atoms in total.